The van der Waals surface area contributed by atoms with E-state index in [0.717, 1.165) is 15.2 Å². The third kappa shape index (κ3) is 3.42. The van der Waals surface area contributed by atoms with Gasteiger partial charge in [0.05, 0.1) is 16.1 Å². The molecule has 0 spiro atoms. The van der Waals surface area contributed by atoms with E-state index in [4.69, 9.17) is 9.47 Å². The summed E-state index contributed by atoms with van der Waals surface area (Å²) in [6.45, 7) is 0. The van der Waals surface area contributed by atoms with Gasteiger partial charge in [-0.2, -0.15) is 0 Å². The summed E-state index contributed by atoms with van der Waals surface area (Å²) in [5.41, 5.74) is 0.576. The fourth-order valence-corrected chi connectivity index (χ4v) is 2.88. The summed E-state index contributed by atoms with van der Waals surface area (Å²) >= 11 is 10.2. The molecule has 0 aromatic heterocycles. The molecule has 2 aromatic rings. The number of benzene rings is 2. The minimum absolute atomic E-state index is 0.576. The van der Waals surface area contributed by atoms with Crippen molar-refractivity contribution in [3.05, 3.63) is 49.3 Å². The van der Waals surface area contributed by atoms with Crippen molar-refractivity contribution >= 4 is 54.1 Å². The summed E-state index contributed by atoms with van der Waals surface area (Å²) in [6, 6.07) is 8.80. The van der Waals surface area contributed by atoms with Crippen LogP contribution in [0, 0.1) is 0 Å². The third-order valence-electron chi connectivity index (χ3n) is 2.53. The monoisotopic (exact) mass is 462 g/mol. The van der Waals surface area contributed by atoms with Crippen molar-refractivity contribution in [2.24, 2.45) is 0 Å². The molecule has 0 radical (unpaired) electrons. The predicted octanol–water partition coefficient (Wildman–Crippen LogP) is 5.59. The maximum Gasteiger partial charge on any atom is 0.151 e. The molecular weight excluding hydrogens is 456 g/mol. The Morgan fingerprint density at radius 2 is 1.60 bits per heavy atom. The number of hydrogen-bond donors (Lipinski definition) is 0. The van der Waals surface area contributed by atoms with E-state index in [2.05, 4.69) is 47.8 Å². The molecule has 0 aliphatic rings. The molecule has 0 N–H and O–H groups in total. The zero-order valence-electron chi connectivity index (χ0n) is 10.3. The van der Waals surface area contributed by atoms with Crippen LogP contribution in [0.5, 0.6) is 17.2 Å². The Morgan fingerprint density at radius 3 is 2.20 bits per heavy atom. The Hall–Kier alpha value is -0.850. The highest BCUT2D eigenvalue weighted by atomic mass is 79.9. The lowest BCUT2D eigenvalue weighted by Crippen LogP contribution is -1.90. The molecule has 0 bridgehead atoms. The molecule has 0 saturated heterocycles. The first-order valence-corrected chi connectivity index (χ1v) is 7.88. The fraction of sp³-hybridized carbons (Fsp3) is 0.0714. The molecule has 20 heavy (non-hydrogen) atoms. The normalized spacial score (nSPS) is 10.2. The molecule has 6 heteroatoms. The molecule has 2 rings (SSSR count). The van der Waals surface area contributed by atoms with Crippen LogP contribution in [-0.4, -0.2) is 13.4 Å². The van der Waals surface area contributed by atoms with E-state index < -0.39 is 0 Å². The number of aldehydes is 1. The number of ether oxygens (including phenoxy) is 2. The van der Waals surface area contributed by atoms with Crippen molar-refractivity contribution in [2.75, 3.05) is 7.11 Å². The average molecular weight is 465 g/mol. The molecule has 0 unspecified atom stereocenters. The maximum absolute atomic E-state index is 10.8. The SMILES string of the molecule is COc1cc(Br)c(Oc2ccc(C=O)c(Br)c2)cc1Br. The molecule has 0 fully saturated rings. The van der Waals surface area contributed by atoms with Crippen LogP contribution in [-0.2, 0) is 0 Å². The van der Waals surface area contributed by atoms with Gasteiger partial charge in [0, 0.05) is 10.0 Å². The number of carbonyl (C=O) groups excluding carboxylic acids is 1. The second-order valence-corrected chi connectivity index (χ2v) is 6.38. The predicted molar refractivity (Wildman–Crippen MR) is 88.0 cm³/mol. The van der Waals surface area contributed by atoms with Crippen molar-refractivity contribution in [3.8, 4) is 17.2 Å². The zero-order valence-corrected chi connectivity index (χ0v) is 15.1. The van der Waals surface area contributed by atoms with Gasteiger partial charge in [-0.25, -0.2) is 0 Å². The number of hydrogen-bond acceptors (Lipinski definition) is 3. The second-order valence-electron chi connectivity index (χ2n) is 3.82. The van der Waals surface area contributed by atoms with E-state index in [0.29, 0.717) is 27.3 Å². The highest BCUT2D eigenvalue weighted by molar-refractivity contribution is 9.11. The lowest BCUT2D eigenvalue weighted by molar-refractivity contribution is 0.112. The Kier molecular flexibility index (Phi) is 5.23. The summed E-state index contributed by atoms with van der Waals surface area (Å²) < 4.78 is 13.2. The van der Waals surface area contributed by atoms with Crippen molar-refractivity contribution in [1.82, 2.24) is 0 Å². The van der Waals surface area contributed by atoms with Gasteiger partial charge in [-0.1, -0.05) is 0 Å². The van der Waals surface area contributed by atoms with Gasteiger partial charge < -0.3 is 9.47 Å². The van der Waals surface area contributed by atoms with Crippen LogP contribution in [0.4, 0.5) is 0 Å². The molecule has 2 aromatic carbocycles. The minimum atomic E-state index is 0.576. The zero-order chi connectivity index (χ0) is 14.7. The molecule has 3 nitrogen and oxygen atoms in total. The Bertz CT molecular complexity index is 656. The summed E-state index contributed by atoms with van der Waals surface area (Å²) in [7, 11) is 1.60. The van der Waals surface area contributed by atoms with Crippen LogP contribution in [0.25, 0.3) is 0 Å². The highest BCUT2D eigenvalue weighted by Crippen LogP contribution is 2.38. The number of methoxy groups -OCH3 is 1. The number of halogens is 3. The van der Waals surface area contributed by atoms with Crippen LogP contribution in [0.1, 0.15) is 10.4 Å². The second kappa shape index (κ2) is 6.74. The summed E-state index contributed by atoms with van der Waals surface area (Å²) in [4.78, 5) is 10.8. The quantitative estimate of drug-likeness (QED) is 0.553. The highest BCUT2D eigenvalue weighted by Gasteiger charge is 2.10. The van der Waals surface area contributed by atoms with Gasteiger partial charge in [0.15, 0.2) is 6.29 Å². The molecule has 0 saturated carbocycles. The van der Waals surface area contributed by atoms with Gasteiger partial charge in [-0.05, 0) is 78.1 Å². The Labute approximate surface area is 141 Å². The van der Waals surface area contributed by atoms with E-state index in [1.165, 1.54) is 0 Å². The van der Waals surface area contributed by atoms with E-state index in [1.807, 2.05) is 12.1 Å². The molecule has 0 heterocycles. The smallest absolute Gasteiger partial charge is 0.151 e. The van der Waals surface area contributed by atoms with Gasteiger partial charge in [0.25, 0.3) is 0 Å². The number of rotatable bonds is 4. The van der Waals surface area contributed by atoms with Gasteiger partial charge in [0.2, 0.25) is 0 Å². The summed E-state index contributed by atoms with van der Waals surface area (Å²) in [5, 5.41) is 0. The van der Waals surface area contributed by atoms with Gasteiger partial charge >= 0.3 is 0 Å². The van der Waals surface area contributed by atoms with Crippen molar-refractivity contribution in [3.63, 3.8) is 0 Å². The largest absolute Gasteiger partial charge is 0.496 e. The first kappa shape index (κ1) is 15.5. The van der Waals surface area contributed by atoms with Crippen LogP contribution >= 0.6 is 47.8 Å². The van der Waals surface area contributed by atoms with Crippen molar-refractivity contribution in [2.45, 2.75) is 0 Å². The van der Waals surface area contributed by atoms with Crippen LogP contribution in [0.15, 0.2) is 43.7 Å². The molecule has 0 aliphatic heterocycles. The first-order valence-electron chi connectivity index (χ1n) is 5.50. The molecule has 0 aliphatic carbocycles. The Balaban J connectivity index is 2.32. The summed E-state index contributed by atoms with van der Waals surface area (Å²) in [5.74, 6) is 1.98. The van der Waals surface area contributed by atoms with Crippen molar-refractivity contribution in [1.29, 1.82) is 0 Å². The van der Waals surface area contributed by atoms with E-state index in [-0.39, 0.29) is 0 Å². The van der Waals surface area contributed by atoms with Gasteiger partial charge in [-0.3, -0.25) is 4.79 Å². The molecule has 104 valence electrons. The lowest BCUT2D eigenvalue weighted by Gasteiger charge is -2.11. The topological polar surface area (TPSA) is 35.5 Å². The van der Waals surface area contributed by atoms with Crippen LogP contribution < -0.4 is 9.47 Å². The van der Waals surface area contributed by atoms with E-state index >= 15 is 0 Å². The van der Waals surface area contributed by atoms with Gasteiger partial charge in [-0.15, -0.1) is 0 Å². The standard InChI is InChI=1S/C14H9Br3O3/c1-19-13-5-12(17)14(6-11(13)16)20-9-3-2-8(7-18)10(15)4-9/h2-7H,1H3. The Morgan fingerprint density at radius 1 is 0.950 bits per heavy atom. The third-order valence-corrected chi connectivity index (χ3v) is 4.46. The minimum Gasteiger partial charge on any atom is -0.496 e. The van der Waals surface area contributed by atoms with Crippen LogP contribution in [0.2, 0.25) is 0 Å². The molecular formula is C14H9Br3O3. The van der Waals surface area contributed by atoms with Gasteiger partial charge in [0.1, 0.15) is 17.2 Å². The maximum atomic E-state index is 10.8. The first-order chi connectivity index (χ1) is 9.55. The van der Waals surface area contributed by atoms with Crippen LogP contribution in [0.3, 0.4) is 0 Å². The fourth-order valence-electron chi connectivity index (χ4n) is 1.54. The lowest BCUT2D eigenvalue weighted by atomic mass is 10.2. The van der Waals surface area contributed by atoms with E-state index in [1.54, 1.807) is 25.3 Å². The summed E-state index contributed by atoms with van der Waals surface area (Å²) in [6.07, 6.45) is 0.785. The van der Waals surface area contributed by atoms with E-state index in [9.17, 15) is 4.79 Å². The molecule has 0 atom stereocenters. The van der Waals surface area contributed by atoms with Crippen molar-refractivity contribution < 1.29 is 14.3 Å². The molecule has 0 amide bonds. The number of carbonyl (C=O) groups is 1. The average Bonchev–Trinajstić information content (AvgIpc) is 2.42.